The first-order valence-corrected chi connectivity index (χ1v) is 10.5. The first kappa shape index (κ1) is 22.6. The molecule has 1 fully saturated rings. The smallest absolute Gasteiger partial charge is 0.268 e. The Morgan fingerprint density at radius 3 is 2.91 bits per heavy atom. The number of fused-ring (bicyclic) bond motifs is 1. The molecule has 0 radical (unpaired) electrons. The Morgan fingerprint density at radius 1 is 1.30 bits per heavy atom. The number of nitrogens with zero attached hydrogens (tertiary/aromatic N) is 4. The van der Waals surface area contributed by atoms with Gasteiger partial charge in [0, 0.05) is 47.8 Å². The number of hydrogen-bond donors (Lipinski definition) is 1. The molecule has 1 aliphatic heterocycles. The monoisotopic (exact) mass is 469 g/mol. The molecule has 1 amide bonds. The minimum absolute atomic E-state index is 0.174. The Hall–Kier alpha value is -3.64. The van der Waals surface area contributed by atoms with E-state index >= 15 is 0 Å². The van der Waals surface area contributed by atoms with Gasteiger partial charge < -0.3 is 9.88 Å². The molecule has 10 heteroatoms. The number of aromatic amines is 1. The van der Waals surface area contributed by atoms with Gasteiger partial charge in [-0.1, -0.05) is 11.6 Å². The van der Waals surface area contributed by atoms with E-state index in [-0.39, 0.29) is 18.6 Å². The second kappa shape index (κ2) is 9.08. The zero-order valence-corrected chi connectivity index (χ0v) is 18.0. The van der Waals surface area contributed by atoms with Gasteiger partial charge in [0.15, 0.2) is 5.78 Å². The van der Waals surface area contributed by atoms with Gasteiger partial charge in [0.1, 0.15) is 11.9 Å². The normalized spacial score (nSPS) is 17.5. The molecule has 3 aromatic rings. The Labute approximate surface area is 192 Å². The molecule has 1 aliphatic rings. The molecule has 0 aliphatic carbocycles. The number of carbonyl (C=O) groups excluding carboxylic acids is 2. The standard InChI is InChI=1S/C23H18ClF2N5O2/c24-15-2-3-18-19(9-15)30-21(29-18)5-1-14-12-28-8-7-17(14)20(32)4-6-22(33)31-13-23(25,26)10-16(31)11-27/h1-3,5,7-9,12,16H,4,6,10,13H2,(H,29,30)/b5-1+/t16-/m0/s1. The van der Waals surface area contributed by atoms with Gasteiger partial charge in [0.05, 0.1) is 23.6 Å². The Bertz CT molecular complexity index is 1300. The number of pyridine rings is 1. The summed E-state index contributed by atoms with van der Waals surface area (Å²) < 4.78 is 27.2. The average molecular weight is 470 g/mol. The molecule has 1 aromatic carbocycles. The van der Waals surface area contributed by atoms with Crippen molar-refractivity contribution in [2.45, 2.75) is 31.2 Å². The van der Waals surface area contributed by atoms with Gasteiger partial charge in [-0.2, -0.15) is 5.26 Å². The summed E-state index contributed by atoms with van der Waals surface area (Å²) in [5.74, 6) is -3.51. The summed E-state index contributed by atoms with van der Waals surface area (Å²) >= 11 is 5.99. The van der Waals surface area contributed by atoms with Crippen LogP contribution in [0.1, 0.15) is 41.0 Å². The Morgan fingerprint density at radius 2 is 2.12 bits per heavy atom. The molecule has 0 spiro atoms. The zero-order chi connectivity index (χ0) is 23.6. The molecule has 1 saturated heterocycles. The highest BCUT2D eigenvalue weighted by Gasteiger charge is 2.47. The predicted molar refractivity (Wildman–Crippen MR) is 119 cm³/mol. The lowest BCUT2D eigenvalue weighted by Crippen LogP contribution is -2.36. The number of hydrogen-bond acceptors (Lipinski definition) is 5. The largest absolute Gasteiger partial charge is 0.338 e. The van der Waals surface area contributed by atoms with Crippen molar-refractivity contribution in [1.29, 1.82) is 5.26 Å². The second-order valence-corrected chi connectivity index (χ2v) is 8.17. The summed E-state index contributed by atoms with van der Waals surface area (Å²) in [6.45, 7) is -0.801. The molecular weight excluding hydrogens is 452 g/mol. The molecule has 0 unspecified atom stereocenters. The number of H-pyrrole nitrogens is 1. The van der Waals surface area contributed by atoms with Crippen LogP contribution in [-0.2, 0) is 4.79 Å². The van der Waals surface area contributed by atoms with E-state index < -0.39 is 30.8 Å². The lowest BCUT2D eigenvalue weighted by atomic mass is 10.0. The summed E-state index contributed by atoms with van der Waals surface area (Å²) in [5, 5.41) is 9.63. The van der Waals surface area contributed by atoms with E-state index in [9.17, 15) is 18.4 Å². The van der Waals surface area contributed by atoms with Crippen molar-refractivity contribution in [1.82, 2.24) is 19.9 Å². The van der Waals surface area contributed by atoms with Crippen LogP contribution in [0.4, 0.5) is 8.78 Å². The number of aromatic nitrogens is 3. The van der Waals surface area contributed by atoms with Gasteiger partial charge >= 0.3 is 0 Å². The van der Waals surface area contributed by atoms with Crippen LogP contribution in [0.2, 0.25) is 5.02 Å². The van der Waals surface area contributed by atoms with Crippen LogP contribution < -0.4 is 0 Å². The maximum absolute atomic E-state index is 13.6. The highest BCUT2D eigenvalue weighted by Crippen LogP contribution is 2.32. The minimum Gasteiger partial charge on any atom is -0.338 e. The van der Waals surface area contributed by atoms with E-state index in [0.29, 0.717) is 22.0 Å². The maximum Gasteiger partial charge on any atom is 0.268 e. The van der Waals surface area contributed by atoms with E-state index in [2.05, 4.69) is 15.0 Å². The maximum atomic E-state index is 13.6. The van der Waals surface area contributed by atoms with Crippen molar-refractivity contribution >= 4 is 46.5 Å². The van der Waals surface area contributed by atoms with Crippen molar-refractivity contribution < 1.29 is 18.4 Å². The fourth-order valence-corrected chi connectivity index (χ4v) is 3.91. The van der Waals surface area contributed by atoms with Gasteiger partial charge in [-0.25, -0.2) is 13.8 Å². The third kappa shape index (κ3) is 5.07. The summed E-state index contributed by atoms with van der Waals surface area (Å²) in [6.07, 6.45) is 5.22. The predicted octanol–water partition coefficient (Wildman–Crippen LogP) is 4.50. The third-order valence-electron chi connectivity index (χ3n) is 5.34. The van der Waals surface area contributed by atoms with Gasteiger partial charge in [-0.05, 0) is 36.4 Å². The fraction of sp³-hybridized carbons (Fsp3) is 0.261. The minimum atomic E-state index is -3.09. The number of benzene rings is 1. The van der Waals surface area contributed by atoms with E-state index in [4.69, 9.17) is 16.9 Å². The zero-order valence-electron chi connectivity index (χ0n) is 17.3. The highest BCUT2D eigenvalue weighted by atomic mass is 35.5. The van der Waals surface area contributed by atoms with Gasteiger partial charge in [-0.3, -0.25) is 14.6 Å². The van der Waals surface area contributed by atoms with Crippen molar-refractivity contribution in [3.63, 3.8) is 0 Å². The molecular formula is C23H18ClF2N5O2. The lowest BCUT2D eigenvalue weighted by Gasteiger charge is -2.18. The number of rotatable bonds is 6. The molecule has 1 atom stereocenters. The number of carbonyl (C=O) groups is 2. The molecule has 0 bridgehead atoms. The van der Waals surface area contributed by atoms with Crippen molar-refractivity contribution in [2.75, 3.05) is 6.54 Å². The molecule has 0 saturated carbocycles. The SMILES string of the molecule is N#C[C@@H]1CC(F)(F)CN1C(=O)CCC(=O)c1ccncc1/C=C/c1nc2ccc(Cl)cc2[nH]1. The molecule has 4 rings (SSSR count). The lowest BCUT2D eigenvalue weighted by molar-refractivity contribution is -0.132. The summed E-state index contributed by atoms with van der Waals surface area (Å²) in [6, 6.07) is 7.36. The van der Waals surface area contributed by atoms with Crippen LogP contribution in [0.15, 0.2) is 36.7 Å². The quantitative estimate of drug-likeness (QED) is 0.535. The number of ketones is 1. The number of amides is 1. The number of halogens is 3. The Balaban J connectivity index is 1.45. The third-order valence-corrected chi connectivity index (χ3v) is 5.58. The molecule has 168 valence electrons. The van der Waals surface area contributed by atoms with Crippen LogP contribution in [0.25, 0.3) is 23.2 Å². The molecule has 33 heavy (non-hydrogen) atoms. The van der Waals surface area contributed by atoms with Gasteiger partial charge in [-0.15, -0.1) is 0 Å². The fourth-order valence-electron chi connectivity index (χ4n) is 3.74. The number of likely N-dealkylation sites (tertiary alicyclic amines) is 1. The number of nitriles is 1. The van der Waals surface area contributed by atoms with Crippen molar-refractivity contribution in [3.8, 4) is 6.07 Å². The van der Waals surface area contributed by atoms with Crippen LogP contribution >= 0.6 is 11.6 Å². The first-order valence-electron chi connectivity index (χ1n) is 10.1. The van der Waals surface area contributed by atoms with Crippen LogP contribution in [-0.4, -0.2) is 50.1 Å². The van der Waals surface area contributed by atoms with Gasteiger partial charge in [0.25, 0.3) is 5.92 Å². The molecule has 1 N–H and O–H groups in total. The van der Waals surface area contributed by atoms with Crippen LogP contribution in [0.5, 0.6) is 0 Å². The molecule has 3 heterocycles. The number of imidazole rings is 1. The summed E-state index contributed by atoms with van der Waals surface area (Å²) in [7, 11) is 0. The summed E-state index contributed by atoms with van der Waals surface area (Å²) in [4.78, 5) is 37.6. The van der Waals surface area contributed by atoms with Crippen molar-refractivity contribution in [3.05, 3.63) is 58.6 Å². The highest BCUT2D eigenvalue weighted by molar-refractivity contribution is 6.31. The van der Waals surface area contributed by atoms with Crippen LogP contribution in [0.3, 0.4) is 0 Å². The average Bonchev–Trinajstić information content (AvgIpc) is 3.34. The molecule has 7 nitrogen and oxygen atoms in total. The van der Waals surface area contributed by atoms with E-state index in [1.807, 2.05) is 0 Å². The van der Waals surface area contributed by atoms with E-state index in [0.717, 1.165) is 15.9 Å². The van der Waals surface area contributed by atoms with E-state index in [1.54, 1.807) is 36.4 Å². The van der Waals surface area contributed by atoms with E-state index in [1.165, 1.54) is 18.5 Å². The Kier molecular flexibility index (Phi) is 6.20. The summed E-state index contributed by atoms with van der Waals surface area (Å²) in [5.41, 5.74) is 2.38. The number of Topliss-reactive ketones (excluding diaryl/α,β-unsaturated/α-hetero) is 1. The van der Waals surface area contributed by atoms with Crippen molar-refractivity contribution in [2.24, 2.45) is 0 Å². The number of nitrogens with one attached hydrogen (secondary N) is 1. The number of alkyl halides is 2. The first-order chi connectivity index (χ1) is 15.8. The van der Waals surface area contributed by atoms with Gasteiger partial charge in [0.2, 0.25) is 5.91 Å². The second-order valence-electron chi connectivity index (χ2n) is 7.73. The molecule has 2 aromatic heterocycles. The van der Waals surface area contributed by atoms with Crippen LogP contribution in [0, 0.1) is 11.3 Å². The topological polar surface area (TPSA) is 103 Å².